The second-order valence-electron chi connectivity index (χ2n) is 6.22. The number of carbonyl (C=O) groups excluding carboxylic acids is 3. The van der Waals surface area contributed by atoms with Gasteiger partial charge < -0.3 is 25.3 Å². The van der Waals surface area contributed by atoms with Crippen LogP contribution in [0.2, 0.25) is 0 Å². The lowest BCUT2D eigenvalue weighted by molar-refractivity contribution is -0.152. The molecular weight excluding hydrogens is 364 g/mol. The largest absolute Gasteiger partial charge is 0.486 e. The Morgan fingerprint density at radius 1 is 1.07 bits per heavy atom. The van der Waals surface area contributed by atoms with E-state index < -0.39 is 23.9 Å². The molecule has 1 heterocycles. The van der Waals surface area contributed by atoms with Crippen LogP contribution in [0.1, 0.15) is 22.8 Å². The summed E-state index contributed by atoms with van der Waals surface area (Å²) in [6.45, 7) is 2.43. The molecule has 0 saturated heterocycles. The number of fused-ring (bicyclic) bond motifs is 1. The minimum atomic E-state index is -0.986. The Balaban J connectivity index is 1.53. The van der Waals surface area contributed by atoms with Crippen LogP contribution < -0.4 is 20.5 Å². The molecule has 1 aliphatic heterocycles. The molecule has 3 rings (SSSR count). The lowest BCUT2D eigenvalue weighted by Crippen LogP contribution is -2.30. The minimum Gasteiger partial charge on any atom is -0.486 e. The number of nitrogens with two attached hydrogens (primary N) is 1. The fourth-order valence-corrected chi connectivity index (χ4v) is 2.62. The van der Waals surface area contributed by atoms with E-state index in [4.69, 9.17) is 19.9 Å². The second kappa shape index (κ2) is 8.43. The number of benzene rings is 2. The van der Waals surface area contributed by atoms with Crippen LogP contribution in [0, 0.1) is 0 Å². The number of primary amides is 1. The van der Waals surface area contributed by atoms with Crippen LogP contribution in [0.3, 0.4) is 0 Å². The van der Waals surface area contributed by atoms with Gasteiger partial charge in [0.05, 0.1) is 6.42 Å². The Labute approximate surface area is 161 Å². The van der Waals surface area contributed by atoms with Crippen LogP contribution in [-0.4, -0.2) is 37.1 Å². The molecule has 0 aromatic heterocycles. The summed E-state index contributed by atoms with van der Waals surface area (Å²) < 4.78 is 16.1. The van der Waals surface area contributed by atoms with Crippen LogP contribution in [0.4, 0.5) is 5.69 Å². The zero-order chi connectivity index (χ0) is 20.1. The molecule has 0 unspecified atom stereocenters. The molecule has 0 aliphatic carbocycles. The summed E-state index contributed by atoms with van der Waals surface area (Å²) in [7, 11) is 0. The number of esters is 1. The first-order valence-electron chi connectivity index (χ1n) is 8.71. The van der Waals surface area contributed by atoms with Crippen molar-refractivity contribution in [2.24, 2.45) is 5.73 Å². The minimum absolute atomic E-state index is 0.00156. The third-order valence-corrected chi connectivity index (χ3v) is 4.07. The highest BCUT2D eigenvalue weighted by atomic mass is 16.6. The highest BCUT2D eigenvalue weighted by Gasteiger charge is 2.19. The lowest BCUT2D eigenvalue weighted by atomic mass is 10.1. The van der Waals surface area contributed by atoms with E-state index in [2.05, 4.69) is 5.32 Å². The van der Waals surface area contributed by atoms with Gasteiger partial charge in [-0.05, 0) is 48.9 Å². The topological polar surface area (TPSA) is 117 Å². The highest BCUT2D eigenvalue weighted by Crippen LogP contribution is 2.30. The predicted octanol–water partition coefficient (Wildman–Crippen LogP) is 1.67. The van der Waals surface area contributed by atoms with E-state index in [9.17, 15) is 14.4 Å². The van der Waals surface area contributed by atoms with Gasteiger partial charge in [-0.1, -0.05) is 6.07 Å². The van der Waals surface area contributed by atoms with Crippen molar-refractivity contribution < 1.29 is 28.6 Å². The molecule has 28 heavy (non-hydrogen) atoms. The molecule has 8 heteroatoms. The van der Waals surface area contributed by atoms with E-state index >= 15 is 0 Å². The summed E-state index contributed by atoms with van der Waals surface area (Å²) in [5.41, 5.74) is 6.66. The molecule has 0 radical (unpaired) electrons. The summed E-state index contributed by atoms with van der Waals surface area (Å²) in [4.78, 5) is 35.4. The molecule has 0 spiro atoms. The third-order valence-electron chi connectivity index (χ3n) is 4.07. The summed E-state index contributed by atoms with van der Waals surface area (Å²) in [6, 6.07) is 11.3. The van der Waals surface area contributed by atoms with E-state index in [1.54, 1.807) is 30.3 Å². The molecule has 1 aliphatic rings. The Morgan fingerprint density at radius 2 is 1.75 bits per heavy atom. The first-order chi connectivity index (χ1) is 13.4. The first kappa shape index (κ1) is 19.2. The molecule has 8 nitrogen and oxygen atoms in total. The number of anilines is 1. The van der Waals surface area contributed by atoms with E-state index in [1.807, 2.05) is 0 Å². The van der Waals surface area contributed by atoms with Crippen molar-refractivity contribution in [1.29, 1.82) is 0 Å². The van der Waals surface area contributed by atoms with Crippen molar-refractivity contribution in [3.63, 3.8) is 0 Å². The van der Waals surface area contributed by atoms with Gasteiger partial charge in [-0.25, -0.2) is 0 Å². The van der Waals surface area contributed by atoms with Gasteiger partial charge in [-0.3, -0.25) is 14.4 Å². The van der Waals surface area contributed by atoms with Crippen molar-refractivity contribution in [2.45, 2.75) is 19.4 Å². The van der Waals surface area contributed by atoms with E-state index in [-0.39, 0.29) is 6.42 Å². The maximum absolute atomic E-state index is 12.2. The first-order valence-corrected chi connectivity index (χ1v) is 8.71. The van der Waals surface area contributed by atoms with Crippen LogP contribution in [0.25, 0.3) is 0 Å². The maximum Gasteiger partial charge on any atom is 0.311 e. The molecular formula is C20H20N2O6. The molecule has 0 saturated carbocycles. The monoisotopic (exact) mass is 384 g/mol. The van der Waals surface area contributed by atoms with Gasteiger partial charge in [0.15, 0.2) is 17.6 Å². The average molecular weight is 384 g/mol. The molecule has 2 aromatic rings. The third kappa shape index (κ3) is 4.79. The number of carbonyl (C=O) groups is 3. The smallest absolute Gasteiger partial charge is 0.311 e. The van der Waals surface area contributed by atoms with Crippen molar-refractivity contribution in [3.05, 3.63) is 53.6 Å². The predicted molar refractivity (Wildman–Crippen MR) is 100 cm³/mol. The van der Waals surface area contributed by atoms with Crippen LogP contribution >= 0.6 is 0 Å². The molecule has 1 atom stereocenters. The molecule has 0 fully saturated rings. The quantitative estimate of drug-likeness (QED) is 0.732. The van der Waals surface area contributed by atoms with Crippen LogP contribution in [0.5, 0.6) is 11.5 Å². The zero-order valence-electron chi connectivity index (χ0n) is 15.3. The van der Waals surface area contributed by atoms with Crippen molar-refractivity contribution in [1.82, 2.24) is 0 Å². The Bertz CT molecular complexity index is 894. The van der Waals surface area contributed by atoms with Gasteiger partial charge >= 0.3 is 5.97 Å². The fraction of sp³-hybridized carbons (Fsp3) is 0.250. The van der Waals surface area contributed by atoms with Gasteiger partial charge in [0.1, 0.15) is 13.2 Å². The average Bonchev–Trinajstić information content (AvgIpc) is 2.68. The number of hydrogen-bond donors (Lipinski definition) is 2. The van der Waals surface area contributed by atoms with Crippen molar-refractivity contribution >= 4 is 23.5 Å². The van der Waals surface area contributed by atoms with Gasteiger partial charge in [0, 0.05) is 11.3 Å². The number of amides is 2. The lowest BCUT2D eigenvalue weighted by Gasteiger charge is -2.19. The van der Waals surface area contributed by atoms with E-state index in [0.29, 0.717) is 41.5 Å². The molecule has 146 valence electrons. The molecule has 3 N–H and O–H groups in total. The fourth-order valence-electron chi connectivity index (χ4n) is 2.62. The maximum atomic E-state index is 12.2. The number of hydrogen-bond acceptors (Lipinski definition) is 6. The van der Waals surface area contributed by atoms with Gasteiger partial charge in [-0.15, -0.1) is 0 Å². The van der Waals surface area contributed by atoms with Gasteiger partial charge in [0.2, 0.25) is 5.91 Å². The Kier molecular flexibility index (Phi) is 5.78. The normalized spacial score (nSPS) is 13.3. The van der Waals surface area contributed by atoms with Crippen LogP contribution in [0.15, 0.2) is 42.5 Å². The molecule has 2 amide bonds. The van der Waals surface area contributed by atoms with E-state index in [0.717, 1.165) is 0 Å². The Hall–Kier alpha value is -3.55. The number of rotatable bonds is 6. The van der Waals surface area contributed by atoms with Gasteiger partial charge in [0.25, 0.3) is 5.91 Å². The number of ether oxygens (including phenoxy) is 3. The highest BCUT2D eigenvalue weighted by molar-refractivity contribution is 5.96. The second-order valence-corrected chi connectivity index (χ2v) is 6.22. The van der Waals surface area contributed by atoms with E-state index in [1.165, 1.54) is 19.1 Å². The van der Waals surface area contributed by atoms with Gasteiger partial charge in [-0.2, -0.15) is 0 Å². The summed E-state index contributed by atoms with van der Waals surface area (Å²) >= 11 is 0. The SMILES string of the molecule is C[C@H](OC(=O)Cc1ccc2c(c1)OCCO2)C(=O)Nc1ccc(C(N)=O)cc1. The standard InChI is InChI=1S/C20H20N2O6/c1-12(20(25)22-15-5-3-14(4-6-15)19(21)24)28-18(23)11-13-2-7-16-17(10-13)27-9-8-26-16/h2-7,10,12H,8-9,11H2,1H3,(H2,21,24)(H,22,25)/t12-/m0/s1. The summed E-state index contributed by atoms with van der Waals surface area (Å²) in [5.74, 6) is -0.356. The summed E-state index contributed by atoms with van der Waals surface area (Å²) in [6.07, 6.45) is -0.984. The zero-order valence-corrected chi connectivity index (χ0v) is 15.3. The van der Waals surface area contributed by atoms with Crippen molar-refractivity contribution in [3.8, 4) is 11.5 Å². The van der Waals surface area contributed by atoms with Crippen molar-refractivity contribution in [2.75, 3.05) is 18.5 Å². The molecule has 2 aromatic carbocycles. The molecule has 0 bridgehead atoms. The van der Waals surface area contributed by atoms with Crippen LogP contribution in [-0.2, 0) is 20.7 Å². The Morgan fingerprint density at radius 3 is 2.43 bits per heavy atom. The number of nitrogens with one attached hydrogen (secondary N) is 1. The summed E-state index contributed by atoms with van der Waals surface area (Å²) in [5, 5.41) is 2.61.